The van der Waals surface area contributed by atoms with E-state index in [9.17, 15) is 13.8 Å². The third-order valence-electron chi connectivity index (χ3n) is 1.92. The van der Waals surface area contributed by atoms with Crippen molar-refractivity contribution in [1.82, 2.24) is 0 Å². The molecule has 0 spiro atoms. The van der Waals surface area contributed by atoms with Gasteiger partial charge in [-0.2, -0.15) is 0 Å². The van der Waals surface area contributed by atoms with Crippen LogP contribution in [0.4, 0.5) is 4.39 Å². The molecule has 94 valence electrons. The van der Waals surface area contributed by atoms with Crippen LogP contribution in [0.2, 0.25) is 0 Å². The van der Waals surface area contributed by atoms with E-state index in [0.29, 0.717) is 0 Å². The van der Waals surface area contributed by atoms with E-state index in [1.54, 1.807) is 13.8 Å². The van der Waals surface area contributed by atoms with Crippen molar-refractivity contribution in [3.63, 3.8) is 0 Å². The third kappa shape index (κ3) is 3.46. The van der Waals surface area contributed by atoms with Gasteiger partial charge in [-0.15, -0.1) is 0 Å². The average molecular weight is 260 g/mol. The summed E-state index contributed by atoms with van der Waals surface area (Å²) in [6.45, 7) is 3.37. The first-order chi connectivity index (χ1) is 8.03. The molecule has 1 aromatic rings. The molecule has 1 aromatic carbocycles. The first kappa shape index (κ1) is 14.0. The van der Waals surface area contributed by atoms with Crippen molar-refractivity contribution < 1.29 is 22.8 Å². The molecule has 0 N–H and O–H groups in total. The Morgan fingerprint density at radius 3 is 2.35 bits per heavy atom. The molecule has 0 saturated carbocycles. The Bertz CT molecular complexity index is 437. The standard InChI is InChI=1S/C11H14FO4P/c1-3-15-17(14,16-4-2)11(13)9-6-5-7-10(12)8-9/h5-8H,3-4H2,1-2H3. The fourth-order valence-electron chi connectivity index (χ4n) is 1.27. The van der Waals surface area contributed by atoms with Gasteiger partial charge in [-0.1, -0.05) is 12.1 Å². The van der Waals surface area contributed by atoms with E-state index in [4.69, 9.17) is 9.05 Å². The molecule has 0 saturated heterocycles. The van der Waals surface area contributed by atoms with Gasteiger partial charge in [-0.3, -0.25) is 9.36 Å². The predicted octanol–water partition coefficient (Wildman–Crippen LogP) is 3.23. The highest BCUT2D eigenvalue weighted by molar-refractivity contribution is 7.72. The molecule has 0 aromatic heterocycles. The Labute approximate surface area is 99.3 Å². The molecule has 0 aliphatic rings. The van der Waals surface area contributed by atoms with Crippen molar-refractivity contribution >= 4 is 13.1 Å². The second-order valence-corrected chi connectivity index (χ2v) is 5.07. The van der Waals surface area contributed by atoms with Crippen molar-refractivity contribution in [2.24, 2.45) is 0 Å². The lowest BCUT2D eigenvalue weighted by molar-refractivity contribution is 0.100. The fraction of sp³-hybridized carbons (Fsp3) is 0.364. The van der Waals surface area contributed by atoms with E-state index in [0.717, 1.165) is 6.07 Å². The van der Waals surface area contributed by atoms with Gasteiger partial charge in [0.05, 0.1) is 13.2 Å². The minimum Gasteiger partial charge on any atom is -0.303 e. The molecule has 0 amide bonds. The van der Waals surface area contributed by atoms with Crippen molar-refractivity contribution in [3.8, 4) is 0 Å². The van der Waals surface area contributed by atoms with Crippen molar-refractivity contribution in [2.45, 2.75) is 13.8 Å². The van der Waals surface area contributed by atoms with E-state index in [2.05, 4.69) is 0 Å². The number of rotatable bonds is 6. The molecule has 0 radical (unpaired) electrons. The van der Waals surface area contributed by atoms with Crippen LogP contribution >= 0.6 is 7.60 Å². The molecule has 0 heterocycles. The molecule has 0 atom stereocenters. The van der Waals surface area contributed by atoms with Crippen LogP contribution in [0.15, 0.2) is 24.3 Å². The quantitative estimate of drug-likeness (QED) is 0.737. The van der Waals surface area contributed by atoms with E-state index in [1.165, 1.54) is 18.2 Å². The lowest BCUT2D eigenvalue weighted by Crippen LogP contribution is -2.07. The number of carbonyl (C=O) groups is 1. The molecule has 17 heavy (non-hydrogen) atoms. The van der Waals surface area contributed by atoms with Crippen LogP contribution in [0.5, 0.6) is 0 Å². The van der Waals surface area contributed by atoms with Crippen molar-refractivity contribution in [3.05, 3.63) is 35.6 Å². The first-order valence-corrected chi connectivity index (χ1v) is 6.77. The van der Waals surface area contributed by atoms with Crippen LogP contribution in [0.1, 0.15) is 24.2 Å². The molecule has 0 bridgehead atoms. The molecular formula is C11H14FO4P. The second-order valence-electron chi connectivity index (χ2n) is 3.15. The maximum atomic E-state index is 13.0. The van der Waals surface area contributed by atoms with Crippen LogP contribution in [-0.2, 0) is 13.6 Å². The molecule has 0 fully saturated rings. The first-order valence-electron chi connectivity index (χ1n) is 5.23. The molecular weight excluding hydrogens is 246 g/mol. The van der Waals surface area contributed by atoms with E-state index in [-0.39, 0.29) is 18.8 Å². The number of carbonyl (C=O) groups excluding carboxylic acids is 1. The lowest BCUT2D eigenvalue weighted by atomic mass is 10.2. The van der Waals surface area contributed by atoms with E-state index >= 15 is 0 Å². The van der Waals surface area contributed by atoms with Gasteiger partial charge in [-0.25, -0.2) is 4.39 Å². The minimum atomic E-state index is -3.86. The van der Waals surface area contributed by atoms with Gasteiger partial charge in [-0.05, 0) is 26.0 Å². The van der Waals surface area contributed by atoms with Crippen molar-refractivity contribution in [2.75, 3.05) is 13.2 Å². The van der Waals surface area contributed by atoms with Crippen molar-refractivity contribution in [1.29, 1.82) is 0 Å². The summed E-state index contributed by atoms with van der Waals surface area (Å²) in [6, 6.07) is 4.94. The Morgan fingerprint density at radius 2 is 1.88 bits per heavy atom. The molecule has 0 unspecified atom stereocenters. The topological polar surface area (TPSA) is 52.6 Å². The number of benzene rings is 1. The van der Waals surface area contributed by atoms with Crippen LogP contribution in [-0.4, -0.2) is 18.7 Å². The normalized spacial score (nSPS) is 11.5. The summed E-state index contributed by atoms with van der Waals surface area (Å²) in [6.07, 6.45) is 0. The lowest BCUT2D eigenvalue weighted by Gasteiger charge is -2.15. The molecule has 1 rings (SSSR count). The molecule has 4 nitrogen and oxygen atoms in total. The third-order valence-corrected chi connectivity index (χ3v) is 3.87. The Kier molecular flexibility index (Phi) is 5.00. The zero-order valence-corrected chi connectivity index (χ0v) is 10.6. The SMILES string of the molecule is CCOP(=O)(OCC)C(=O)c1cccc(F)c1. The van der Waals surface area contributed by atoms with Crippen LogP contribution in [0.3, 0.4) is 0 Å². The molecule has 6 heteroatoms. The number of hydrogen-bond donors (Lipinski definition) is 0. The van der Waals surface area contributed by atoms with Gasteiger partial charge in [0.1, 0.15) is 5.82 Å². The monoisotopic (exact) mass is 260 g/mol. The Hall–Kier alpha value is -1.03. The van der Waals surface area contributed by atoms with Crippen LogP contribution < -0.4 is 0 Å². The van der Waals surface area contributed by atoms with Gasteiger partial charge in [0.2, 0.25) is 0 Å². The fourth-order valence-corrected chi connectivity index (χ4v) is 2.72. The van der Waals surface area contributed by atoms with Gasteiger partial charge >= 0.3 is 7.60 Å². The second kappa shape index (κ2) is 6.05. The zero-order valence-electron chi connectivity index (χ0n) is 9.68. The smallest absolute Gasteiger partial charge is 0.303 e. The summed E-state index contributed by atoms with van der Waals surface area (Å²) in [5, 5.41) is 0. The predicted molar refractivity (Wildman–Crippen MR) is 61.6 cm³/mol. The molecule has 0 aliphatic carbocycles. The number of halogens is 1. The maximum absolute atomic E-state index is 13.0. The average Bonchev–Trinajstić information content (AvgIpc) is 2.28. The summed E-state index contributed by atoms with van der Waals surface area (Å²) >= 11 is 0. The highest BCUT2D eigenvalue weighted by Crippen LogP contribution is 2.51. The Balaban J connectivity index is 3.04. The zero-order chi connectivity index (χ0) is 12.9. The summed E-state index contributed by atoms with van der Waals surface area (Å²) < 4.78 is 34.8. The van der Waals surface area contributed by atoms with Gasteiger partial charge < -0.3 is 9.05 Å². The summed E-state index contributed by atoms with van der Waals surface area (Å²) in [4.78, 5) is 11.9. The van der Waals surface area contributed by atoms with Gasteiger partial charge in [0.15, 0.2) is 0 Å². The summed E-state index contributed by atoms with van der Waals surface area (Å²) in [5.41, 5.74) is -0.837. The molecule has 0 aliphatic heterocycles. The number of hydrogen-bond acceptors (Lipinski definition) is 4. The maximum Gasteiger partial charge on any atom is 0.401 e. The van der Waals surface area contributed by atoms with E-state index < -0.39 is 18.9 Å². The Morgan fingerprint density at radius 1 is 1.29 bits per heavy atom. The minimum absolute atomic E-state index is 0.0183. The van der Waals surface area contributed by atoms with Crippen LogP contribution in [0.25, 0.3) is 0 Å². The summed E-state index contributed by atoms with van der Waals surface area (Å²) in [7, 11) is -3.86. The largest absolute Gasteiger partial charge is 0.401 e. The highest BCUT2D eigenvalue weighted by Gasteiger charge is 2.35. The van der Waals surface area contributed by atoms with E-state index in [1.807, 2.05) is 0 Å². The highest BCUT2D eigenvalue weighted by atomic mass is 31.2. The summed E-state index contributed by atoms with van der Waals surface area (Å²) in [5.74, 6) is -0.574. The van der Waals surface area contributed by atoms with Gasteiger partial charge in [0.25, 0.3) is 5.52 Å². The van der Waals surface area contributed by atoms with Crippen LogP contribution in [0, 0.1) is 5.82 Å². The van der Waals surface area contributed by atoms with Gasteiger partial charge in [0, 0.05) is 5.56 Å².